The van der Waals surface area contributed by atoms with Crippen LogP contribution in [0.2, 0.25) is 0 Å². The van der Waals surface area contributed by atoms with Gasteiger partial charge in [-0.3, -0.25) is 9.69 Å². The van der Waals surface area contributed by atoms with Gasteiger partial charge in [0.15, 0.2) is 0 Å². The van der Waals surface area contributed by atoms with Gasteiger partial charge in [0.2, 0.25) is 0 Å². The molecule has 0 N–H and O–H groups in total. The molecule has 9 atom stereocenters. The van der Waals surface area contributed by atoms with Crippen molar-refractivity contribution < 1.29 is 9.53 Å². The Labute approximate surface area is 211 Å². The van der Waals surface area contributed by atoms with Crippen molar-refractivity contribution in [1.82, 2.24) is 4.90 Å². The number of carbonyl (C=O) groups excluding carboxylic acids is 1. The normalized spacial score (nSPS) is 48.8. The van der Waals surface area contributed by atoms with Gasteiger partial charge in [0.25, 0.3) is 0 Å². The standard InChI is InChI=1S/C30H44ClNO2/c1-18-13-27-28(32(17-18)12-11-31)20(3)30(34-27)10-8-23-24-6-5-21-14-22(33)7-9-29(21,4)26(24)15-25(23)19(2)16-30/h5,18,20,23-24,26-28H,6-17H2,1-4H3/t18-,20+,23-,24?,26-,27+,28-,29-,30-/m0/s1. The van der Waals surface area contributed by atoms with Crippen molar-refractivity contribution in [2.45, 2.75) is 103 Å². The van der Waals surface area contributed by atoms with E-state index in [1.54, 1.807) is 11.1 Å². The summed E-state index contributed by atoms with van der Waals surface area (Å²) in [5, 5.41) is 0. The number of fused-ring (bicyclic) bond motifs is 6. The van der Waals surface area contributed by atoms with Crippen LogP contribution in [0.1, 0.15) is 85.5 Å². The Morgan fingerprint density at radius 2 is 2.09 bits per heavy atom. The number of halogens is 1. The largest absolute Gasteiger partial charge is 0.369 e. The van der Waals surface area contributed by atoms with Gasteiger partial charge >= 0.3 is 0 Å². The van der Waals surface area contributed by atoms with Crippen molar-refractivity contribution in [1.29, 1.82) is 0 Å². The van der Waals surface area contributed by atoms with Gasteiger partial charge in [0.1, 0.15) is 5.78 Å². The summed E-state index contributed by atoms with van der Waals surface area (Å²) in [5.41, 5.74) is 5.13. The van der Waals surface area contributed by atoms with E-state index < -0.39 is 0 Å². The SMILES string of the molecule is CC1=C2C[C@H]3C(CC=C4CC(=O)CC[C@@]43C)[C@@H]2CC[C@@]2(C1)O[C@@H]1C[C@H](C)CN(CCCl)[C@H]1[C@H]2C. The molecule has 188 valence electrons. The summed E-state index contributed by atoms with van der Waals surface area (Å²) in [6, 6.07) is 0.525. The van der Waals surface area contributed by atoms with Crippen molar-refractivity contribution >= 4 is 17.4 Å². The Morgan fingerprint density at radius 1 is 1.26 bits per heavy atom. The molecule has 2 saturated carbocycles. The van der Waals surface area contributed by atoms with Crippen LogP contribution in [0.4, 0.5) is 0 Å². The molecular weight excluding hydrogens is 442 g/mol. The summed E-state index contributed by atoms with van der Waals surface area (Å²) in [6.45, 7) is 11.9. The fraction of sp³-hybridized carbons (Fsp3) is 0.833. The zero-order chi connectivity index (χ0) is 23.8. The monoisotopic (exact) mass is 485 g/mol. The summed E-state index contributed by atoms with van der Waals surface area (Å²) in [6.07, 6.45) is 12.7. The van der Waals surface area contributed by atoms with Crippen LogP contribution in [0.3, 0.4) is 0 Å². The van der Waals surface area contributed by atoms with Crippen LogP contribution in [0.15, 0.2) is 22.8 Å². The number of ether oxygens (including phenoxy) is 1. The predicted molar refractivity (Wildman–Crippen MR) is 138 cm³/mol. The number of allylic oxidation sites excluding steroid dienone is 3. The van der Waals surface area contributed by atoms with E-state index in [0.717, 1.165) is 44.1 Å². The van der Waals surface area contributed by atoms with Crippen LogP contribution >= 0.6 is 11.6 Å². The Bertz CT molecular complexity index is 925. The zero-order valence-electron chi connectivity index (χ0n) is 21.7. The Kier molecular flexibility index (Phi) is 5.90. The second-order valence-corrected chi connectivity index (χ2v) is 13.6. The minimum Gasteiger partial charge on any atom is -0.369 e. The minimum absolute atomic E-state index is 0.00228. The maximum absolute atomic E-state index is 12.2. The van der Waals surface area contributed by atoms with Gasteiger partial charge in [0.05, 0.1) is 11.7 Å². The van der Waals surface area contributed by atoms with Gasteiger partial charge in [-0.2, -0.15) is 0 Å². The molecule has 6 rings (SSSR count). The molecule has 4 heteroatoms. The van der Waals surface area contributed by atoms with E-state index >= 15 is 0 Å². The van der Waals surface area contributed by atoms with Gasteiger partial charge in [-0.25, -0.2) is 0 Å². The number of likely N-dealkylation sites (tertiary alicyclic amines) is 1. The smallest absolute Gasteiger partial charge is 0.136 e. The molecule has 2 heterocycles. The van der Waals surface area contributed by atoms with Crippen LogP contribution in [0.25, 0.3) is 0 Å². The average Bonchev–Trinajstić information content (AvgIpc) is 3.25. The molecule has 4 fully saturated rings. The number of Topliss-reactive ketones (excluding diaryl/α,β-unsaturated/α-hetero) is 1. The van der Waals surface area contributed by atoms with Crippen molar-refractivity contribution in [3.05, 3.63) is 22.8 Å². The molecule has 0 amide bonds. The summed E-state index contributed by atoms with van der Waals surface area (Å²) in [7, 11) is 0. The highest BCUT2D eigenvalue weighted by Crippen LogP contribution is 2.63. The average molecular weight is 486 g/mol. The molecule has 1 unspecified atom stereocenters. The van der Waals surface area contributed by atoms with E-state index in [1.807, 2.05) is 0 Å². The van der Waals surface area contributed by atoms with E-state index in [1.165, 1.54) is 44.2 Å². The van der Waals surface area contributed by atoms with Crippen LogP contribution in [-0.2, 0) is 9.53 Å². The number of rotatable bonds is 2. The topological polar surface area (TPSA) is 29.5 Å². The quantitative estimate of drug-likeness (QED) is 0.328. The number of alkyl halides is 1. The first-order chi connectivity index (χ1) is 16.3. The van der Waals surface area contributed by atoms with Crippen LogP contribution in [-0.4, -0.2) is 47.4 Å². The maximum Gasteiger partial charge on any atom is 0.136 e. The lowest BCUT2D eigenvalue weighted by Crippen LogP contribution is -2.52. The van der Waals surface area contributed by atoms with Crippen molar-refractivity contribution in [3.8, 4) is 0 Å². The van der Waals surface area contributed by atoms with Crippen LogP contribution < -0.4 is 0 Å². The summed E-state index contributed by atoms with van der Waals surface area (Å²) in [5.74, 6) is 4.61. The first kappa shape index (κ1) is 23.7. The van der Waals surface area contributed by atoms with Gasteiger partial charge in [-0.05, 0) is 81.0 Å². The molecule has 2 aliphatic heterocycles. The first-order valence-electron chi connectivity index (χ1n) is 14.1. The molecule has 0 aromatic rings. The lowest BCUT2D eigenvalue weighted by Gasteiger charge is -2.47. The van der Waals surface area contributed by atoms with E-state index in [2.05, 4.69) is 38.7 Å². The number of ketones is 1. The number of nitrogens with zero attached hydrogens (tertiary/aromatic N) is 1. The van der Waals surface area contributed by atoms with Crippen molar-refractivity contribution in [3.63, 3.8) is 0 Å². The summed E-state index contributed by atoms with van der Waals surface area (Å²) in [4.78, 5) is 14.9. The van der Waals surface area contributed by atoms with Gasteiger partial charge in [0, 0.05) is 43.8 Å². The van der Waals surface area contributed by atoms with E-state index in [-0.39, 0.29) is 11.0 Å². The molecule has 6 aliphatic rings. The second-order valence-electron chi connectivity index (χ2n) is 13.2. The van der Waals surface area contributed by atoms with E-state index in [9.17, 15) is 4.79 Å². The minimum atomic E-state index is -0.00228. The van der Waals surface area contributed by atoms with Crippen molar-refractivity contribution in [2.24, 2.45) is 35.0 Å². The molecule has 2 saturated heterocycles. The number of hydrogen-bond donors (Lipinski definition) is 0. The molecule has 4 aliphatic carbocycles. The molecule has 0 aromatic carbocycles. The fourth-order valence-electron chi connectivity index (χ4n) is 9.79. The third-order valence-electron chi connectivity index (χ3n) is 11.5. The molecule has 0 aromatic heterocycles. The lowest BCUT2D eigenvalue weighted by atomic mass is 9.57. The predicted octanol–water partition coefficient (Wildman–Crippen LogP) is 6.55. The van der Waals surface area contributed by atoms with Gasteiger partial charge in [-0.1, -0.05) is 43.6 Å². The van der Waals surface area contributed by atoms with Crippen molar-refractivity contribution in [2.75, 3.05) is 19.0 Å². The summed E-state index contributed by atoms with van der Waals surface area (Å²) < 4.78 is 7.15. The molecule has 1 spiro atoms. The summed E-state index contributed by atoms with van der Waals surface area (Å²) >= 11 is 6.23. The number of piperidine rings is 1. The number of carbonyl (C=O) groups is 1. The highest BCUT2D eigenvalue weighted by molar-refractivity contribution is 6.18. The van der Waals surface area contributed by atoms with E-state index in [0.29, 0.717) is 41.6 Å². The van der Waals surface area contributed by atoms with Gasteiger partial charge < -0.3 is 4.74 Å². The highest BCUT2D eigenvalue weighted by Gasteiger charge is 2.59. The first-order valence-corrected chi connectivity index (χ1v) is 14.7. The molecular formula is C30H44ClNO2. The highest BCUT2D eigenvalue weighted by atomic mass is 35.5. The van der Waals surface area contributed by atoms with Gasteiger partial charge in [-0.15, -0.1) is 11.6 Å². The van der Waals surface area contributed by atoms with E-state index in [4.69, 9.17) is 16.3 Å². The third-order valence-corrected chi connectivity index (χ3v) is 11.7. The second kappa shape index (κ2) is 8.45. The Morgan fingerprint density at radius 3 is 2.88 bits per heavy atom. The number of hydrogen-bond acceptors (Lipinski definition) is 3. The Hall–Kier alpha value is -0.640. The molecule has 0 bridgehead atoms. The molecule has 34 heavy (non-hydrogen) atoms. The zero-order valence-corrected chi connectivity index (χ0v) is 22.5. The third kappa shape index (κ3) is 3.46. The Balaban J connectivity index is 1.28. The van der Waals surface area contributed by atoms with Crippen LogP contribution in [0, 0.1) is 35.0 Å². The lowest BCUT2D eigenvalue weighted by molar-refractivity contribution is -0.121. The molecule has 0 radical (unpaired) electrons. The fourth-order valence-corrected chi connectivity index (χ4v) is 10.0. The van der Waals surface area contributed by atoms with Crippen LogP contribution in [0.5, 0.6) is 0 Å². The molecule has 3 nitrogen and oxygen atoms in total. The maximum atomic E-state index is 12.2.